The number of esters is 1. The second kappa shape index (κ2) is 9.83. The summed E-state index contributed by atoms with van der Waals surface area (Å²) >= 11 is 0. The zero-order valence-corrected chi connectivity index (χ0v) is 18.0. The summed E-state index contributed by atoms with van der Waals surface area (Å²) in [5.74, 6) is 0.626. The van der Waals surface area contributed by atoms with Crippen LogP contribution in [-0.2, 0) is 9.47 Å². The summed E-state index contributed by atoms with van der Waals surface area (Å²) in [6.45, 7) is 3.97. The molecule has 0 atom stereocenters. The van der Waals surface area contributed by atoms with Crippen molar-refractivity contribution in [2.75, 3.05) is 27.6 Å². The van der Waals surface area contributed by atoms with Gasteiger partial charge < -0.3 is 23.5 Å². The molecule has 2 aromatic carbocycles. The van der Waals surface area contributed by atoms with Crippen LogP contribution in [0.2, 0.25) is 0 Å². The molecule has 0 aliphatic carbocycles. The van der Waals surface area contributed by atoms with E-state index in [0.717, 1.165) is 28.1 Å². The van der Waals surface area contributed by atoms with Crippen LogP contribution in [0.15, 0.2) is 48.8 Å². The number of carbonyl (C=O) groups excluding carboxylic acids is 1. The Kier molecular flexibility index (Phi) is 6.96. The molecule has 0 N–H and O–H groups in total. The van der Waals surface area contributed by atoms with Crippen molar-refractivity contribution in [1.82, 2.24) is 4.57 Å². The van der Waals surface area contributed by atoms with Gasteiger partial charge in [0.2, 0.25) is 0 Å². The summed E-state index contributed by atoms with van der Waals surface area (Å²) in [5.41, 5.74) is 4.30. The van der Waals surface area contributed by atoms with Crippen molar-refractivity contribution in [3.05, 3.63) is 65.5 Å². The molecule has 0 aliphatic heterocycles. The van der Waals surface area contributed by atoms with E-state index in [4.69, 9.17) is 18.9 Å². The maximum absolute atomic E-state index is 12.3. The number of ether oxygens (including phenoxy) is 4. The largest absolute Gasteiger partial charge is 0.497 e. The lowest BCUT2D eigenvalue weighted by Crippen LogP contribution is -2.10. The third-order valence-electron chi connectivity index (χ3n) is 4.76. The first-order valence-electron chi connectivity index (χ1n) is 9.72. The Morgan fingerprint density at radius 1 is 1.10 bits per heavy atom. The molecule has 1 aromatic heterocycles. The van der Waals surface area contributed by atoms with Crippen molar-refractivity contribution in [1.29, 1.82) is 5.26 Å². The van der Waals surface area contributed by atoms with Crippen LogP contribution in [0.1, 0.15) is 28.4 Å². The molecular weight excluding hydrogens is 396 g/mol. The van der Waals surface area contributed by atoms with E-state index in [0.29, 0.717) is 16.9 Å². The Labute approximate surface area is 181 Å². The van der Waals surface area contributed by atoms with E-state index >= 15 is 0 Å². The van der Waals surface area contributed by atoms with Crippen molar-refractivity contribution in [2.45, 2.75) is 13.8 Å². The predicted octanol–water partition coefficient (Wildman–Crippen LogP) is 4.49. The maximum Gasteiger partial charge on any atom is 0.341 e. The number of aryl methyl sites for hydroxylation is 1. The molecule has 0 fully saturated rings. The van der Waals surface area contributed by atoms with Gasteiger partial charge in [-0.15, -0.1) is 0 Å². The SMILES string of the molecule is CCOC(=O)c1ccc(-n2cc(C#N)c(-c3ccc(OC)cc3C)c2)cc1OCOC. The van der Waals surface area contributed by atoms with E-state index in [2.05, 4.69) is 6.07 Å². The van der Waals surface area contributed by atoms with Crippen molar-refractivity contribution >= 4 is 5.97 Å². The molecule has 7 nitrogen and oxygen atoms in total. The molecule has 0 saturated carbocycles. The molecule has 3 rings (SSSR count). The van der Waals surface area contributed by atoms with Crippen LogP contribution in [0, 0.1) is 18.3 Å². The molecular formula is C24H24N2O5. The monoisotopic (exact) mass is 420 g/mol. The van der Waals surface area contributed by atoms with E-state index < -0.39 is 5.97 Å². The third kappa shape index (κ3) is 4.71. The minimum atomic E-state index is -0.472. The normalized spacial score (nSPS) is 10.4. The summed E-state index contributed by atoms with van der Waals surface area (Å²) in [4.78, 5) is 12.3. The first-order valence-corrected chi connectivity index (χ1v) is 9.72. The fourth-order valence-electron chi connectivity index (χ4n) is 3.26. The van der Waals surface area contributed by atoms with Gasteiger partial charge in [-0.2, -0.15) is 5.26 Å². The number of carbonyl (C=O) groups is 1. The van der Waals surface area contributed by atoms with Gasteiger partial charge in [-0.05, 0) is 49.2 Å². The molecule has 0 unspecified atom stereocenters. The molecule has 7 heteroatoms. The van der Waals surface area contributed by atoms with Gasteiger partial charge in [-0.25, -0.2) is 4.79 Å². The Hall–Kier alpha value is -3.76. The lowest BCUT2D eigenvalue weighted by molar-refractivity contribution is 0.0438. The number of benzene rings is 2. The van der Waals surface area contributed by atoms with E-state index in [1.165, 1.54) is 7.11 Å². The Balaban J connectivity index is 2.05. The van der Waals surface area contributed by atoms with Crippen molar-refractivity contribution < 1.29 is 23.7 Å². The molecule has 31 heavy (non-hydrogen) atoms. The average Bonchev–Trinajstić information content (AvgIpc) is 3.21. The third-order valence-corrected chi connectivity index (χ3v) is 4.76. The molecule has 0 aliphatic rings. The van der Waals surface area contributed by atoms with Gasteiger partial charge in [-0.3, -0.25) is 0 Å². The Morgan fingerprint density at radius 3 is 2.55 bits per heavy atom. The number of hydrogen-bond donors (Lipinski definition) is 0. The highest BCUT2D eigenvalue weighted by atomic mass is 16.7. The zero-order valence-electron chi connectivity index (χ0n) is 18.0. The number of nitrogens with zero attached hydrogens (tertiary/aromatic N) is 2. The topological polar surface area (TPSA) is 82.7 Å². The van der Waals surface area contributed by atoms with E-state index in [-0.39, 0.29) is 13.4 Å². The standard InChI is InChI=1S/C24H24N2O5/c1-5-30-24(27)21-8-6-18(11-23(21)31-15-28-3)26-13-17(12-25)22(14-26)20-9-7-19(29-4)10-16(20)2/h6-11,13-14H,5,15H2,1-4H3. The fraction of sp³-hybridized carbons (Fsp3) is 0.250. The van der Waals surface area contributed by atoms with Crippen LogP contribution in [0.4, 0.5) is 0 Å². The van der Waals surface area contributed by atoms with Crippen LogP contribution >= 0.6 is 0 Å². The molecule has 0 radical (unpaired) electrons. The Morgan fingerprint density at radius 2 is 1.90 bits per heavy atom. The molecule has 1 heterocycles. The fourth-order valence-corrected chi connectivity index (χ4v) is 3.26. The van der Waals surface area contributed by atoms with Crippen LogP contribution in [0.3, 0.4) is 0 Å². The van der Waals surface area contributed by atoms with Gasteiger partial charge in [0.1, 0.15) is 23.1 Å². The van der Waals surface area contributed by atoms with Crippen molar-refractivity contribution in [3.63, 3.8) is 0 Å². The Bertz CT molecular complexity index is 1130. The molecule has 0 bridgehead atoms. The maximum atomic E-state index is 12.3. The van der Waals surface area contributed by atoms with Gasteiger partial charge in [0.05, 0.1) is 19.3 Å². The minimum absolute atomic E-state index is 0.0126. The lowest BCUT2D eigenvalue weighted by Gasteiger charge is -2.12. The van der Waals surface area contributed by atoms with Gasteiger partial charge in [-0.1, -0.05) is 6.07 Å². The number of aromatic nitrogens is 1. The molecule has 0 spiro atoms. The van der Waals surface area contributed by atoms with Gasteiger partial charge >= 0.3 is 5.97 Å². The number of nitriles is 1. The van der Waals surface area contributed by atoms with Crippen LogP contribution < -0.4 is 9.47 Å². The summed E-state index contributed by atoms with van der Waals surface area (Å²) in [7, 11) is 3.12. The highest BCUT2D eigenvalue weighted by Crippen LogP contribution is 2.32. The zero-order chi connectivity index (χ0) is 22.4. The summed E-state index contributed by atoms with van der Waals surface area (Å²) in [6.07, 6.45) is 3.63. The summed E-state index contributed by atoms with van der Waals surface area (Å²) in [6, 6.07) is 13.1. The summed E-state index contributed by atoms with van der Waals surface area (Å²) < 4.78 is 22.8. The minimum Gasteiger partial charge on any atom is -0.497 e. The molecule has 0 saturated heterocycles. The van der Waals surface area contributed by atoms with Gasteiger partial charge in [0.25, 0.3) is 0 Å². The highest BCUT2D eigenvalue weighted by Gasteiger charge is 2.17. The number of methoxy groups -OCH3 is 2. The van der Waals surface area contributed by atoms with Crippen LogP contribution in [0.25, 0.3) is 16.8 Å². The van der Waals surface area contributed by atoms with E-state index in [1.807, 2.05) is 35.9 Å². The highest BCUT2D eigenvalue weighted by molar-refractivity contribution is 5.93. The van der Waals surface area contributed by atoms with Gasteiger partial charge in [0.15, 0.2) is 6.79 Å². The second-order valence-electron chi connectivity index (χ2n) is 6.74. The first-order chi connectivity index (χ1) is 15.0. The van der Waals surface area contributed by atoms with Crippen LogP contribution in [0.5, 0.6) is 11.5 Å². The van der Waals surface area contributed by atoms with Crippen molar-refractivity contribution in [2.24, 2.45) is 0 Å². The van der Waals surface area contributed by atoms with E-state index in [9.17, 15) is 10.1 Å². The van der Waals surface area contributed by atoms with Crippen LogP contribution in [-0.4, -0.2) is 38.2 Å². The molecule has 0 amide bonds. The first kappa shape index (κ1) is 21.9. The number of rotatable bonds is 8. The molecule has 3 aromatic rings. The molecule has 160 valence electrons. The van der Waals surface area contributed by atoms with Crippen molar-refractivity contribution in [3.8, 4) is 34.4 Å². The van der Waals surface area contributed by atoms with Gasteiger partial charge in [0, 0.05) is 36.8 Å². The lowest BCUT2D eigenvalue weighted by atomic mass is 10.00. The smallest absolute Gasteiger partial charge is 0.341 e. The quantitative estimate of drug-likeness (QED) is 0.394. The van der Waals surface area contributed by atoms with E-state index in [1.54, 1.807) is 38.4 Å². The average molecular weight is 420 g/mol. The number of hydrogen-bond acceptors (Lipinski definition) is 6. The predicted molar refractivity (Wildman–Crippen MR) is 116 cm³/mol. The summed E-state index contributed by atoms with van der Waals surface area (Å²) in [5, 5.41) is 9.69. The second-order valence-corrected chi connectivity index (χ2v) is 6.74.